The Kier molecular flexibility index (Phi) is 2.48. The van der Waals surface area contributed by atoms with E-state index in [-0.39, 0.29) is 0 Å². The predicted molar refractivity (Wildman–Crippen MR) is 66.2 cm³/mol. The molecule has 17 heavy (non-hydrogen) atoms. The van der Waals surface area contributed by atoms with Crippen LogP contribution >= 0.6 is 0 Å². The van der Waals surface area contributed by atoms with Crippen LogP contribution in [0.15, 0.2) is 30.6 Å². The Balaban J connectivity index is 1.69. The van der Waals surface area contributed by atoms with E-state index in [4.69, 9.17) is 4.74 Å². The van der Waals surface area contributed by atoms with Crippen molar-refractivity contribution in [2.75, 3.05) is 11.9 Å². The van der Waals surface area contributed by atoms with Gasteiger partial charge in [0.15, 0.2) is 0 Å². The first-order chi connectivity index (χ1) is 8.31. The van der Waals surface area contributed by atoms with Gasteiger partial charge in [-0.1, -0.05) is 12.1 Å². The predicted octanol–water partition coefficient (Wildman–Crippen LogP) is 1.97. The Bertz CT molecular complexity index is 533. The molecule has 2 aromatic rings. The van der Waals surface area contributed by atoms with E-state index in [1.54, 1.807) is 4.68 Å². The third-order valence-corrected chi connectivity index (χ3v) is 2.96. The fraction of sp³-hybridized carbons (Fsp3) is 0.308. The molecule has 0 spiro atoms. The van der Waals surface area contributed by atoms with Crippen LogP contribution in [-0.2, 0) is 20.0 Å². The van der Waals surface area contributed by atoms with Gasteiger partial charge in [-0.3, -0.25) is 4.68 Å². The van der Waals surface area contributed by atoms with Crippen LogP contribution in [0.25, 0.3) is 0 Å². The average molecular weight is 229 g/mol. The average Bonchev–Trinajstić information content (AvgIpc) is 2.94. The molecule has 0 fully saturated rings. The van der Waals surface area contributed by atoms with E-state index >= 15 is 0 Å². The summed E-state index contributed by atoms with van der Waals surface area (Å²) in [7, 11) is 1.91. The molecule has 88 valence electrons. The number of hydrogen-bond donors (Lipinski definition) is 1. The molecular weight excluding hydrogens is 214 g/mol. The summed E-state index contributed by atoms with van der Waals surface area (Å²) < 4.78 is 7.28. The molecule has 0 saturated heterocycles. The SMILES string of the molecule is Cn1cc(NCc2ccc3c(c2)CCO3)cn1. The Morgan fingerprint density at radius 1 is 1.47 bits per heavy atom. The lowest BCUT2D eigenvalue weighted by atomic mass is 10.1. The molecule has 0 atom stereocenters. The van der Waals surface area contributed by atoms with E-state index in [0.717, 1.165) is 31.0 Å². The zero-order valence-electron chi connectivity index (χ0n) is 9.81. The van der Waals surface area contributed by atoms with Crippen molar-refractivity contribution in [2.45, 2.75) is 13.0 Å². The number of benzene rings is 1. The van der Waals surface area contributed by atoms with Gasteiger partial charge < -0.3 is 10.1 Å². The minimum atomic E-state index is 0.814. The summed E-state index contributed by atoms with van der Waals surface area (Å²) in [5.41, 5.74) is 3.64. The largest absolute Gasteiger partial charge is 0.493 e. The first kappa shape index (κ1) is 10.2. The lowest BCUT2D eigenvalue weighted by Gasteiger charge is -2.05. The van der Waals surface area contributed by atoms with Crippen molar-refractivity contribution in [3.05, 3.63) is 41.7 Å². The number of fused-ring (bicyclic) bond motifs is 1. The molecule has 0 radical (unpaired) electrons. The lowest BCUT2D eigenvalue weighted by Crippen LogP contribution is -1.98. The molecule has 4 heteroatoms. The summed E-state index contributed by atoms with van der Waals surface area (Å²) in [6, 6.07) is 6.38. The smallest absolute Gasteiger partial charge is 0.122 e. The summed E-state index contributed by atoms with van der Waals surface area (Å²) in [6.45, 7) is 1.63. The van der Waals surface area contributed by atoms with Crippen molar-refractivity contribution in [1.29, 1.82) is 0 Å². The molecule has 1 aromatic heterocycles. The number of hydrogen-bond acceptors (Lipinski definition) is 3. The van der Waals surface area contributed by atoms with Crippen LogP contribution in [0, 0.1) is 0 Å². The van der Waals surface area contributed by atoms with Crippen molar-refractivity contribution in [1.82, 2.24) is 9.78 Å². The van der Waals surface area contributed by atoms with Gasteiger partial charge in [-0.25, -0.2) is 0 Å². The van der Waals surface area contributed by atoms with Gasteiger partial charge in [0.25, 0.3) is 0 Å². The monoisotopic (exact) mass is 229 g/mol. The summed E-state index contributed by atoms with van der Waals surface area (Å²) in [5.74, 6) is 1.04. The molecule has 0 amide bonds. The van der Waals surface area contributed by atoms with E-state index in [2.05, 4.69) is 28.6 Å². The van der Waals surface area contributed by atoms with Crippen molar-refractivity contribution in [2.24, 2.45) is 7.05 Å². The molecule has 2 heterocycles. The van der Waals surface area contributed by atoms with E-state index in [1.165, 1.54) is 11.1 Å². The van der Waals surface area contributed by atoms with Crippen molar-refractivity contribution in [3.8, 4) is 5.75 Å². The lowest BCUT2D eigenvalue weighted by molar-refractivity contribution is 0.357. The third kappa shape index (κ3) is 2.11. The van der Waals surface area contributed by atoms with Gasteiger partial charge in [0.1, 0.15) is 5.75 Å². The molecule has 4 nitrogen and oxygen atoms in total. The van der Waals surface area contributed by atoms with E-state index < -0.39 is 0 Å². The number of rotatable bonds is 3. The fourth-order valence-corrected chi connectivity index (χ4v) is 2.07. The fourth-order valence-electron chi connectivity index (χ4n) is 2.07. The highest BCUT2D eigenvalue weighted by molar-refractivity contribution is 5.43. The van der Waals surface area contributed by atoms with Gasteiger partial charge >= 0.3 is 0 Å². The van der Waals surface area contributed by atoms with Gasteiger partial charge in [-0.2, -0.15) is 5.10 Å². The molecule has 3 rings (SSSR count). The van der Waals surface area contributed by atoms with E-state index in [0.29, 0.717) is 0 Å². The number of aromatic nitrogens is 2. The van der Waals surface area contributed by atoms with Crippen LogP contribution < -0.4 is 10.1 Å². The Morgan fingerprint density at radius 3 is 3.24 bits per heavy atom. The highest BCUT2D eigenvalue weighted by atomic mass is 16.5. The zero-order chi connectivity index (χ0) is 11.7. The van der Waals surface area contributed by atoms with Crippen molar-refractivity contribution >= 4 is 5.69 Å². The van der Waals surface area contributed by atoms with Crippen LogP contribution in [0.5, 0.6) is 5.75 Å². The molecule has 0 unspecified atom stereocenters. The maximum absolute atomic E-state index is 5.49. The maximum atomic E-state index is 5.49. The standard InChI is InChI=1S/C13H15N3O/c1-16-9-12(8-15-16)14-7-10-2-3-13-11(6-10)4-5-17-13/h2-3,6,8-9,14H,4-5,7H2,1H3. The van der Waals surface area contributed by atoms with Gasteiger partial charge in [-0.05, 0) is 17.2 Å². The second-order valence-electron chi connectivity index (χ2n) is 4.30. The van der Waals surface area contributed by atoms with E-state index in [1.807, 2.05) is 19.4 Å². The highest BCUT2D eigenvalue weighted by Gasteiger charge is 2.11. The normalized spacial score (nSPS) is 13.2. The minimum Gasteiger partial charge on any atom is -0.493 e. The topological polar surface area (TPSA) is 39.1 Å². The molecule has 1 N–H and O–H groups in total. The van der Waals surface area contributed by atoms with Crippen molar-refractivity contribution in [3.63, 3.8) is 0 Å². The van der Waals surface area contributed by atoms with Gasteiger partial charge in [0, 0.05) is 26.2 Å². The van der Waals surface area contributed by atoms with Gasteiger partial charge in [-0.15, -0.1) is 0 Å². The molecule has 0 aliphatic carbocycles. The summed E-state index contributed by atoms with van der Waals surface area (Å²) >= 11 is 0. The molecule has 0 bridgehead atoms. The first-order valence-electron chi connectivity index (χ1n) is 5.78. The highest BCUT2D eigenvalue weighted by Crippen LogP contribution is 2.26. The quantitative estimate of drug-likeness (QED) is 0.874. The van der Waals surface area contributed by atoms with Crippen LogP contribution in [0.3, 0.4) is 0 Å². The molecule has 0 saturated carbocycles. The molecule has 1 aromatic carbocycles. The van der Waals surface area contributed by atoms with Crippen LogP contribution in [0.1, 0.15) is 11.1 Å². The van der Waals surface area contributed by atoms with Gasteiger partial charge in [0.2, 0.25) is 0 Å². The Labute approximate surface area is 100 Å². The summed E-state index contributed by atoms with van der Waals surface area (Å²) in [4.78, 5) is 0. The summed E-state index contributed by atoms with van der Waals surface area (Å²) in [5, 5.41) is 7.47. The molecular formula is C13H15N3O. The van der Waals surface area contributed by atoms with Crippen LogP contribution in [0.2, 0.25) is 0 Å². The Morgan fingerprint density at radius 2 is 2.41 bits per heavy atom. The number of aryl methyl sites for hydroxylation is 1. The van der Waals surface area contributed by atoms with Gasteiger partial charge in [0.05, 0.1) is 18.5 Å². The minimum absolute atomic E-state index is 0.814. The number of nitrogens with zero attached hydrogens (tertiary/aromatic N) is 2. The van der Waals surface area contributed by atoms with E-state index in [9.17, 15) is 0 Å². The first-order valence-corrected chi connectivity index (χ1v) is 5.78. The van der Waals surface area contributed by atoms with Crippen LogP contribution in [0.4, 0.5) is 5.69 Å². The van der Waals surface area contributed by atoms with Crippen molar-refractivity contribution < 1.29 is 4.74 Å². The Hall–Kier alpha value is -1.97. The maximum Gasteiger partial charge on any atom is 0.122 e. The summed E-state index contributed by atoms with van der Waals surface area (Å²) in [6.07, 6.45) is 4.82. The number of anilines is 1. The second-order valence-corrected chi connectivity index (χ2v) is 4.30. The molecule has 1 aliphatic heterocycles. The third-order valence-electron chi connectivity index (χ3n) is 2.96. The zero-order valence-corrected chi connectivity index (χ0v) is 9.81. The number of nitrogens with one attached hydrogen (secondary N) is 1. The molecule has 1 aliphatic rings. The van der Waals surface area contributed by atoms with Crippen LogP contribution in [-0.4, -0.2) is 16.4 Å². The number of ether oxygens (including phenoxy) is 1. The second kappa shape index (κ2) is 4.13.